The number of nitrogens with one attached hydrogen (secondary N) is 3. The van der Waals surface area contributed by atoms with Gasteiger partial charge in [0, 0.05) is 40.9 Å². The van der Waals surface area contributed by atoms with Crippen LogP contribution in [0.25, 0.3) is 44.3 Å². The number of likely N-dealkylation sites (N-methyl/N-ethyl adjacent to an activating group) is 1. The second-order valence-electron chi connectivity index (χ2n) is 11.2. The molecule has 2 heterocycles. The summed E-state index contributed by atoms with van der Waals surface area (Å²) in [7, 11) is 8.31. The van der Waals surface area contributed by atoms with Crippen molar-refractivity contribution in [2.45, 2.75) is 26.3 Å². The van der Waals surface area contributed by atoms with E-state index in [4.69, 9.17) is 12.4 Å². The van der Waals surface area contributed by atoms with Crippen LogP contribution in [0, 0.1) is 5.82 Å². The molecule has 0 fully saturated rings. The van der Waals surface area contributed by atoms with Crippen molar-refractivity contribution < 1.29 is 28.0 Å². The minimum absolute atomic E-state index is 0.0198. The Morgan fingerprint density at radius 1 is 0.977 bits per heavy atom. The summed E-state index contributed by atoms with van der Waals surface area (Å²) < 4.78 is 20.1. The molecule has 43 heavy (non-hydrogen) atoms. The molecule has 0 spiro atoms. The largest absolute Gasteiger partial charge is 0.454 e. The zero-order chi connectivity index (χ0) is 31.2. The van der Waals surface area contributed by atoms with Gasteiger partial charge in [0.15, 0.2) is 0 Å². The maximum Gasteiger partial charge on any atom is 0.282 e. The van der Waals surface area contributed by atoms with Crippen LogP contribution in [0.3, 0.4) is 0 Å². The number of aromatic nitrogens is 1. The molecule has 216 valence electrons. The minimum Gasteiger partial charge on any atom is -0.454 e. The molecule has 0 aliphatic rings. The molecule has 2 aromatic heterocycles. The molecule has 0 atom stereocenters. The third-order valence-electron chi connectivity index (χ3n) is 6.85. The van der Waals surface area contributed by atoms with Gasteiger partial charge < -0.3 is 24.8 Å². The number of H-pyrrole nitrogens is 1. The number of aromatic amines is 1. The van der Waals surface area contributed by atoms with E-state index in [1.807, 2.05) is 20.8 Å². The van der Waals surface area contributed by atoms with Gasteiger partial charge in [0.05, 0.1) is 22.0 Å². The van der Waals surface area contributed by atoms with E-state index in [9.17, 15) is 23.6 Å². The topological polar surface area (TPSA) is 125 Å². The fourth-order valence-electron chi connectivity index (χ4n) is 4.93. The van der Waals surface area contributed by atoms with Crippen molar-refractivity contribution in [3.8, 4) is 22.5 Å². The van der Waals surface area contributed by atoms with E-state index >= 15 is 0 Å². The van der Waals surface area contributed by atoms with E-state index < -0.39 is 29.0 Å². The van der Waals surface area contributed by atoms with Crippen molar-refractivity contribution in [2.75, 3.05) is 14.1 Å². The Morgan fingerprint density at radius 3 is 2.30 bits per heavy atom. The number of halogens is 1. The lowest BCUT2D eigenvalue weighted by Crippen LogP contribution is -2.40. The quantitative estimate of drug-likeness (QED) is 0.149. The maximum atomic E-state index is 13.8. The normalized spacial score (nSPS) is 11.5. The fraction of sp³-hybridized carbons (Fsp3) is 0.188. The molecule has 9 nitrogen and oxygen atoms in total. The van der Waals surface area contributed by atoms with Crippen LogP contribution in [-0.2, 0) is 4.79 Å². The summed E-state index contributed by atoms with van der Waals surface area (Å²) in [6.45, 7) is 5.63. The summed E-state index contributed by atoms with van der Waals surface area (Å²) in [5.74, 6) is -2.94. The number of amides is 3. The van der Waals surface area contributed by atoms with E-state index in [-0.39, 0.29) is 33.8 Å². The van der Waals surface area contributed by atoms with Gasteiger partial charge in [-0.15, -0.1) is 0 Å². The van der Waals surface area contributed by atoms with Crippen LogP contribution in [0.4, 0.5) is 4.39 Å². The summed E-state index contributed by atoms with van der Waals surface area (Å²) in [6.07, 6.45) is 1.38. The van der Waals surface area contributed by atoms with Gasteiger partial charge in [0.25, 0.3) is 23.5 Å². The molecule has 0 aliphatic heterocycles. The lowest BCUT2D eigenvalue weighted by molar-refractivity contribution is -0.121. The molecular weight excluding hydrogens is 550 g/mol. The zero-order valence-electron chi connectivity index (χ0n) is 24.2. The van der Waals surface area contributed by atoms with Gasteiger partial charge in [0.1, 0.15) is 17.2 Å². The molecule has 0 saturated carbocycles. The molecule has 0 saturated heterocycles. The molecule has 2 radical (unpaired) electrons. The fourth-order valence-corrected chi connectivity index (χ4v) is 4.93. The van der Waals surface area contributed by atoms with Gasteiger partial charge in [0.2, 0.25) is 7.98 Å². The molecule has 3 N–H and O–H groups in total. The van der Waals surface area contributed by atoms with E-state index in [0.29, 0.717) is 38.0 Å². The molecule has 3 aromatic carbocycles. The Balaban J connectivity index is 1.86. The highest BCUT2D eigenvalue weighted by Gasteiger charge is 2.29. The number of furan rings is 1. The molecule has 0 aliphatic carbocycles. The number of fused-ring (bicyclic) bond motifs is 3. The first kappa shape index (κ1) is 29.3. The van der Waals surface area contributed by atoms with Crippen LogP contribution in [0.1, 0.15) is 51.8 Å². The molecule has 3 amide bonds. The Bertz CT molecular complexity index is 1930. The van der Waals surface area contributed by atoms with Crippen LogP contribution >= 0.6 is 0 Å². The number of Topliss-reactive ketones (excluding diaryl/α,β-unsaturated/α-hetero) is 1. The zero-order valence-corrected chi connectivity index (χ0v) is 24.2. The number of nitrogens with zero attached hydrogens (tertiary/aromatic N) is 1. The number of benzene rings is 3. The van der Waals surface area contributed by atoms with Gasteiger partial charge in [-0.1, -0.05) is 12.1 Å². The summed E-state index contributed by atoms with van der Waals surface area (Å²) >= 11 is 0. The maximum absolute atomic E-state index is 13.8. The van der Waals surface area contributed by atoms with Gasteiger partial charge in [-0.05, 0) is 75.8 Å². The van der Waals surface area contributed by atoms with E-state index in [1.54, 1.807) is 30.3 Å². The molecular formula is C32H28BFN4O5. The summed E-state index contributed by atoms with van der Waals surface area (Å²) in [6, 6.07) is 14.1. The average molecular weight is 578 g/mol. The van der Waals surface area contributed by atoms with E-state index in [0.717, 1.165) is 0 Å². The van der Waals surface area contributed by atoms with Crippen molar-refractivity contribution in [3.05, 3.63) is 83.3 Å². The lowest BCUT2D eigenvalue weighted by Gasteiger charge is -2.20. The van der Waals surface area contributed by atoms with Crippen LogP contribution < -0.4 is 10.6 Å². The van der Waals surface area contributed by atoms with E-state index in [1.165, 1.54) is 44.6 Å². The SMILES string of the molecule is [B]N(C)C(=O)C(=O)c1c[nH]c2c(-c3cccc(C(=O)NC(C)(C)C)c3)cc3c(C(=O)NC)c(-c4ccc(F)cc4)oc3c12. The first-order valence-electron chi connectivity index (χ1n) is 13.4. The molecule has 0 bridgehead atoms. The monoisotopic (exact) mass is 578 g/mol. The summed E-state index contributed by atoms with van der Waals surface area (Å²) in [4.78, 5) is 56.1. The van der Waals surface area contributed by atoms with Crippen molar-refractivity contribution in [2.24, 2.45) is 0 Å². The van der Waals surface area contributed by atoms with Gasteiger partial charge in [-0.25, -0.2) is 4.39 Å². The Labute approximate surface area is 247 Å². The summed E-state index contributed by atoms with van der Waals surface area (Å²) in [5, 5.41) is 6.15. The number of ketones is 1. The van der Waals surface area contributed by atoms with Crippen LogP contribution in [0.5, 0.6) is 0 Å². The van der Waals surface area contributed by atoms with Crippen LogP contribution in [0.2, 0.25) is 0 Å². The Kier molecular flexibility index (Phi) is 7.43. The predicted octanol–water partition coefficient (Wildman–Crippen LogP) is 5.00. The van der Waals surface area contributed by atoms with Crippen LogP contribution in [0.15, 0.2) is 65.2 Å². The average Bonchev–Trinajstić information content (AvgIpc) is 3.57. The van der Waals surface area contributed by atoms with Gasteiger partial charge in [-0.2, -0.15) is 0 Å². The van der Waals surface area contributed by atoms with Crippen molar-refractivity contribution >= 4 is 53.4 Å². The second kappa shape index (κ2) is 10.9. The van der Waals surface area contributed by atoms with E-state index in [2.05, 4.69) is 15.6 Å². The molecule has 11 heteroatoms. The highest BCUT2D eigenvalue weighted by atomic mass is 19.1. The number of carbonyl (C=O) groups excluding carboxylic acids is 4. The van der Waals surface area contributed by atoms with Crippen molar-refractivity contribution in [1.82, 2.24) is 20.4 Å². The first-order valence-corrected chi connectivity index (χ1v) is 13.4. The van der Waals surface area contributed by atoms with Crippen molar-refractivity contribution in [3.63, 3.8) is 0 Å². The van der Waals surface area contributed by atoms with Gasteiger partial charge >= 0.3 is 0 Å². The first-order chi connectivity index (χ1) is 20.3. The number of rotatable bonds is 6. The summed E-state index contributed by atoms with van der Waals surface area (Å²) in [5.41, 5.74) is 2.22. The van der Waals surface area contributed by atoms with Crippen molar-refractivity contribution in [1.29, 1.82) is 0 Å². The molecule has 5 aromatic rings. The third-order valence-corrected chi connectivity index (χ3v) is 6.85. The minimum atomic E-state index is -0.961. The predicted molar refractivity (Wildman–Crippen MR) is 162 cm³/mol. The third kappa shape index (κ3) is 5.41. The number of hydrogen-bond donors (Lipinski definition) is 3. The molecule has 0 unspecified atom stereocenters. The number of hydrogen-bond acceptors (Lipinski definition) is 5. The highest BCUT2D eigenvalue weighted by molar-refractivity contribution is 6.49. The van der Waals surface area contributed by atoms with Gasteiger partial charge in [-0.3, -0.25) is 19.2 Å². The second-order valence-corrected chi connectivity index (χ2v) is 11.2. The standard InChI is InChI=1S/C32H28BFN4O5/c1-32(2,3)37-29(40)18-8-6-7-17(13-18)20-14-21-24(30(41)35-4)27(16-9-11-19(34)12-10-16)43-28(21)23-22(15-36-25(20)23)26(39)31(42)38(5)33/h6-15,36H,1-5H3,(H,35,41)(H,37,40). The number of carbonyl (C=O) groups is 4. The molecule has 5 rings (SSSR count). The Morgan fingerprint density at radius 2 is 1.67 bits per heavy atom. The van der Waals surface area contributed by atoms with Crippen LogP contribution in [-0.4, -0.2) is 60.9 Å². The lowest BCUT2D eigenvalue weighted by atomic mass is 9.94. The Hall–Kier alpha value is -5.19. The highest BCUT2D eigenvalue weighted by Crippen LogP contribution is 2.43. The smallest absolute Gasteiger partial charge is 0.282 e.